The molecule has 0 saturated carbocycles. The van der Waals surface area contributed by atoms with Gasteiger partial charge in [-0.25, -0.2) is 9.78 Å². The van der Waals surface area contributed by atoms with Gasteiger partial charge in [0, 0.05) is 0 Å². The first kappa shape index (κ1) is 8.21. The van der Waals surface area contributed by atoms with Gasteiger partial charge in [-0.15, -0.1) is 0 Å². The van der Waals surface area contributed by atoms with Crippen LogP contribution in [0.3, 0.4) is 0 Å². The summed E-state index contributed by atoms with van der Waals surface area (Å²) in [6, 6.07) is 0. The summed E-state index contributed by atoms with van der Waals surface area (Å²) in [4.78, 5) is 32.3. The summed E-state index contributed by atoms with van der Waals surface area (Å²) in [5.41, 5.74) is -0.445. The van der Waals surface area contributed by atoms with Crippen LogP contribution in [0.15, 0.2) is 15.9 Å². The number of fused-ring (bicyclic) bond motifs is 1. The fraction of sp³-hybridized carbons (Fsp3) is 0. The maximum atomic E-state index is 10.9. The second kappa shape index (κ2) is 2.62. The molecule has 0 spiro atoms. The molecule has 0 aliphatic rings. The molecule has 2 aromatic rings. The Hall–Kier alpha value is -1.89. The summed E-state index contributed by atoms with van der Waals surface area (Å²) in [5.74, 6) is 0. The number of aromatic nitrogens is 4. The molecule has 0 unspecified atom stereocenters. The summed E-state index contributed by atoms with van der Waals surface area (Å²) in [5, 5.41) is 0. The van der Waals surface area contributed by atoms with Gasteiger partial charge in [-0.2, -0.15) is 0 Å². The Morgan fingerprint density at radius 2 is 2.00 bits per heavy atom. The summed E-state index contributed by atoms with van der Waals surface area (Å²) >= 11 is 0. The zero-order valence-corrected chi connectivity index (χ0v) is 5.84. The normalized spacial score (nSPS) is 9.67. The summed E-state index contributed by atoms with van der Waals surface area (Å²) in [6.45, 7) is 0. The van der Waals surface area contributed by atoms with Crippen LogP contribution in [-0.4, -0.2) is 25.4 Å². The molecule has 0 bridgehead atoms. The van der Waals surface area contributed by atoms with Gasteiger partial charge in [0.05, 0.1) is 6.33 Å². The van der Waals surface area contributed by atoms with Crippen molar-refractivity contribution in [3.63, 3.8) is 0 Å². The maximum Gasteiger partial charge on any atom is 0.327 e. The number of nitrogens with one attached hydrogen (secondary N) is 3. The van der Waals surface area contributed by atoms with Gasteiger partial charge < -0.3 is 10.5 Å². The van der Waals surface area contributed by atoms with Crippen LogP contribution in [0, 0.1) is 0 Å². The molecule has 0 fully saturated rings. The Morgan fingerprint density at radius 1 is 1.25 bits per heavy atom. The van der Waals surface area contributed by atoms with Gasteiger partial charge in [0.15, 0.2) is 5.65 Å². The topological polar surface area (TPSA) is 126 Å². The van der Waals surface area contributed by atoms with E-state index >= 15 is 0 Å². The van der Waals surface area contributed by atoms with Gasteiger partial charge in [0.1, 0.15) is 5.52 Å². The second-order valence-corrected chi connectivity index (χ2v) is 2.03. The molecular formula is C5H6N4O3. The lowest BCUT2D eigenvalue weighted by molar-refractivity contribution is 0.824. The molecule has 64 valence electrons. The van der Waals surface area contributed by atoms with Gasteiger partial charge in [-0.05, 0) is 0 Å². The molecule has 2 heterocycles. The van der Waals surface area contributed by atoms with E-state index in [0.717, 1.165) is 0 Å². The quantitative estimate of drug-likeness (QED) is 0.428. The minimum Gasteiger partial charge on any atom is -0.412 e. The minimum absolute atomic E-state index is 0. The Balaban J connectivity index is 0.000000720. The van der Waals surface area contributed by atoms with Crippen molar-refractivity contribution in [2.45, 2.75) is 0 Å². The van der Waals surface area contributed by atoms with E-state index in [9.17, 15) is 9.59 Å². The van der Waals surface area contributed by atoms with Gasteiger partial charge in [-0.1, -0.05) is 0 Å². The minimum atomic E-state index is -0.547. The molecule has 0 aliphatic carbocycles. The van der Waals surface area contributed by atoms with E-state index in [1.54, 1.807) is 0 Å². The van der Waals surface area contributed by atoms with Crippen molar-refractivity contribution in [2.75, 3.05) is 0 Å². The molecule has 7 nitrogen and oxygen atoms in total. The molecule has 0 aromatic carbocycles. The Labute approximate surface area is 64.8 Å². The zero-order valence-electron chi connectivity index (χ0n) is 5.84. The van der Waals surface area contributed by atoms with Gasteiger partial charge in [-0.3, -0.25) is 14.8 Å². The lowest BCUT2D eigenvalue weighted by Crippen LogP contribution is -2.21. The molecule has 7 heteroatoms. The molecule has 0 saturated heterocycles. The van der Waals surface area contributed by atoms with Crippen LogP contribution in [-0.2, 0) is 0 Å². The molecule has 0 aliphatic heterocycles. The Morgan fingerprint density at radius 3 is 2.75 bits per heavy atom. The van der Waals surface area contributed by atoms with Crippen molar-refractivity contribution in [2.24, 2.45) is 0 Å². The van der Waals surface area contributed by atoms with Crippen LogP contribution in [0.2, 0.25) is 0 Å². The predicted molar refractivity (Wildman–Crippen MR) is 40.9 cm³/mol. The van der Waals surface area contributed by atoms with Gasteiger partial charge in [0.25, 0.3) is 5.56 Å². The number of imidazole rings is 1. The van der Waals surface area contributed by atoms with Crippen molar-refractivity contribution in [1.29, 1.82) is 0 Å². The third-order valence-corrected chi connectivity index (χ3v) is 1.33. The van der Waals surface area contributed by atoms with Crippen LogP contribution in [0.1, 0.15) is 0 Å². The summed E-state index contributed by atoms with van der Waals surface area (Å²) in [6.07, 6.45) is 1.34. The predicted octanol–water partition coefficient (Wildman–Crippen LogP) is -1.89. The van der Waals surface area contributed by atoms with Crippen molar-refractivity contribution in [3.8, 4) is 0 Å². The fourth-order valence-corrected chi connectivity index (χ4v) is 0.867. The highest BCUT2D eigenvalue weighted by Crippen LogP contribution is 1.92. The molecule has 12 heavy (non-hydrogen) atoms. The number of hydrogen-bond donors (Lipinski definition) is 3. The molecule has 2 aromatic heterocycles. The molecule has 5 N–H and O–H groups in total. The van der Waals surface area contributed by atoms with Crippen molar-refractivity contribution < 1.29 is 5.48 Å². The van der Waals surface area contributed by atoms with E-state index in [1.807, 2.05) is 0 Å². The van der Waals surface area contributed by atoms with Crippen molar-refractivity contribution >= 4 is 11.2 Å². The maximum absolute atomic E-state index is 10.9. The first-order valence-corrected chi connectivity index (χ1v) is 2.93. The van der Waals surface area contributed by atoms with Gasteiger partial charge >= 0.3 is 5.69 Å². The lowest BCUT2D eigenvalue weighted by Gasteiger charge is -1.83. The number of rotatable bonds is 0. The van der Waals surface area contributed by atoms with Crippen LogP contribution in [0.4, 0.5) is 0 Å². The SMILES string of the molecule is O.O=c1[nH]c(=O)c2[nH]cnc2[nH]1. The van der Waals surface area contributed by atoms with Crippen LogP contribution in [0.5, 0.6) is 0 Å². The van der Waals surface area contributed by atoms with E-state index in [2.05, 4.69) is 19.9 Å². The highest BCUT2D eigenvalue weighted by molar-refractivity contribution is 5.67. The molecular weight excluding hydrogens is 164 g/mol. The number of nitrogens with zero attached hydrogens (tertiary/aromatic N) is 1. The lowest BCUT2D eigenvalue weighted by atomic mass is 10.5. The highest BCUT2D eigenvalue weighted by atomic mass is 16.2. The third-order valence-electron chi connectivity index (χ3n) is 1.33. The summed E-state index contributed by atoms with van der Waals surface area (Å²) in [7, 11) is 0. The molecule has 0 atom stereocenters. The zero-order chi connectivity index (χ0) is 7.84. The van der Waals surface area contributed by atoms with E-state index in [4.69, 9.17) is 0 Å². The number of hydrogen-bond acceptors (Lipinski definition) is 3. The van der Waals surface area contributed by atoms with Gasteiger partial charge in [0.2, 0.25) is 0 Å². The average Bonchev–Trinajstić information content (AvgIpc) is 2.34. The molecule has 0 radical (unpaired) electrons. The average molecular weight is 170 g/mol. The largest absolute Gasteiger partial charge is 0.412 e. The first-order valence-electron chi connectivity index (χ1n) is 2.93. The van der Waals surface area contributed by atoms with Crippen LogP contribution < -0.4 is 11.2 Å². The van der Waals surface area contributed by atoms with E-state index in [0.29, 0.717) is 0 Å². The third kappa shape index (κ3) is 1.01. The Bertz CT molecular complexity index is 493. The molecule has 0 amide bonds. The van der Waals surface area contributed by atoms with Crippen molar-refractivity contribution in [1.82, 2.24) is 19.9 Å². The summed E-state index contributed by atoms with van der Waals surface area (Å²) < 4.78 is 0. The van der Waals surface area contributed by atoms with E-state index in [1.165, 1.54) is 6.33 Å². The second-order valence-electron chi connectivity index (χ2n) is 2.03. The smallest absolute Gasteiger partial charge is 0.327 e. The molecule has 2 rings (SSSR count). The van der Waals surface area contributed by atoms with E-state index in [-0.39, 0.29) is 16.6 Å². The first-order chi connectivity index (χ1) is 5.27. The number of aromatic amines is 3. The van der Waals surface area contributed by atoms with Crippen molar-refractivity contribution in [3.05, 3.63) is 27.2 Å². The number of H-pyrrole nitrogens is 3. The fourth-order valence-electron chi connectivity index (χ4n) is 0.867. The monoisotopic (exact) mass is 170 g/mol. The van der Waals surface area contributed by atoms with Crippen LogP contribution in [0.25, 0.3) is 11.2 Å². The highest BCUT2D eigenvalue weighted by Gasteiger charge is 1.99. The standard InChI is InChI=1S/C5H4N4O2.H2O/c10-4-2-3(7-1-6-2)8-5(11)9-4;/h1H,(H3,6,7,8,9,10,11);1H2. The Kier molecular flexibility index (Phi) is 1.80. The van der Waals surface area contributed by atoms with Crippen LogP contribution >= 0.6 is 0 Å². The van der Waals surface area contributed by atoms with E-state index < -0.39 is 11.2 Å².